The molecule has 0 aromatic rings. The highest BCUT2D eigenvalue weighted by atomic mass is 16.3. The van der Waals surface area contributed by atoms with Gasteiger partial charge >= 0.3 is 0 Å². The standard InChI is InChI=1S/C12H24O/c1-3-5-6-7-8-9-11-12(13)10-4-2/h4,12-13H,2-3,5-11H2,1H3. The van der Waals surface area contributed by atoms with Gasteiger partial charge in [-0.05, 0) is 12.8 Å². The molecule has 0 aromatic heterocycles. The summed E-state index contributed by atoms with van der Waals surface area (Å²) in [5.41, 5.74) is 0. The molecule has 0 aliphatic rings. The predicted molar refractivity (Wildman–Crippen MR) is 58.8 cm³/mol. The summed E-state index contributed by atoms with van der Waals surface area (Å²) in [6.07, 6.45) is 11.1. The minimum absolute atomic E-state index is 0.149. The summed E-state index contributed by atoms with van der Waals surface area (Å²) in [5.74, 6) is 0. The topological polar surface area (TPSA) is 20.2 Å². The van der Waals surface area contributed by atoms with Crippen LogP contribution in [0.3, 0.4) is 0 Å². The zero-order valence-corrected chi connectivity index (χ0v) is 8.97. The van der Waals surface area contributed by atoms with Gasteiger partial charge in [0, 0.05) is 0 Å². The van der Waals surface area contributed by atoms with E-state index in [1.807, 2.05) is 0 Å². The Morgan fingerprint density at radius 3 is 2.38 bits per heavy atom. The van der Waals surface area contributed by atoms with E-state index in [0.717, 1.165) is 12.8 Å². The van der Waals surface area contributed by atoms with Gasteiger partial charge in [0.15, 0.2) is 0 Å². The molecule has 78 valence electrons. The second kappa shape index (κ2) is 9.79. The second-order valence-corrected chi connectivity index (χ2v) is 3.73. The second-order valence-electron chi connectivity index (χ2n) is 3.73. The van der Waals surface area contributed by atoms with E-state index < -0.39 is 0 Å². The number of unbranched alkanes of at least 4 members (excludes halogenated alkanes) is 5. The van der Waals surface area contributed by atoms with Gasteiger partial charge < -0.3 is 5.11 Å². The van der Waals surface area contributed by atoms with Crippen LogP contribution in [0.15, 0.2) is 12.7 Å². The maximum atomic E-state index is 9.38. The summed E-state index contributed by atoms with van der Waals surface area (Å²) in [6, 6.07) is 0. The average molecular weight is 184 g/mol. The maximum absolute atomic E-state index is 9.38. The van der Waals surface area contributed by atoms with Crippen molar-refractivity contribution in [2.45, 2.75) is 64.4 Å². The smallest absolute Gasteiger partial charge is 0.0574 e. The highest BCUT2D eigenvalue weighted by Gasteiger charge is 1.99. The highest BCUT2D eigenvalue weighted by molar-refractivity contribution is 4.71. The molecule has 1 atom stereocenters. The van der Waals surface area contributed by atoms with Crippen LogP contribution in [-0.4, -0.2) is 11.2 Å². The van der Waals surface area contributed by atoms with Gasteiger partial charge in [-0.15, -0.1) is 6.58 Å². The molecule has 0 spiro atoms. The van der Waals surface area contributed by atoms with Gasteiger partial charge in [-0.3, -0.25) is 0 Å². The largest absolute Gasteiger partial charge is 0.393 e. The molecular weight excluding hydrogens is 160 g/mol. The summed E-state index contributed by atoms with van der Waals surface area (Å²) >= 11 is 0. The average Bonchev–Trinajstić information content (AvgIpc) is 2.11. The van der Waals surface area contributed by atoms with Gasteiger partial charge in [-0.2, -0.15) is 0 Å². The zero-order chi connectivity index (χ0) is 9.94. The van der Waals surface area contributed by atoms with Gasteiger partial charge in [0.1, 0.15) is 0 Å². The third kappa shape index (κ3) is 9.62. The molecule has 0 aromatic carbocycles. The van der Waals surface area contributed by atoms with Crippen LogP contribution >= 0.6 is 0 Å². The first kappa shape index (κ1) is 12.7. The van der Waals surface area contributed by atoms with E-state index in [-0.39, 0.29) is 6.10 Å². The Morgan fingerprint density at radius 1 is 1.15 bits per heavy atom. The molecule has 1 N–H and O–H groups in total. The lowest BCUT2D eigenvalue weighted by Crippen LogP contribution is -2.03. The Hall–Kier alpha value is -0.300. The van der Waals surface area contributed by atoms with Crippen molar-refractivity contribution in [1.82, 2.24) is 0 Å². The van der Waals surface area contributed by atoms with Crippen molar-refractivity contribution in [3.63, 3.8) is 0 Å². The van der Waals surface area contributed by atoms with Crippen LogP contribution in [0.25, 0.3) is 0 Å². The molecule has 0 radical (unpaired) electrons. The number of hydrogen-bond acceptors (Lipinski definition) is 1. The minimum atomic E-state index is -0.149. The van der Waals surface area contributed by atoms with Crippen LogP contribution < -0.4 is 0 Å². The van der Waals surface area contributed by atoms with Crippen molar-refractivity contribution >= 4 is 0 Å². The van der Waals surface area contributed by atoms with E-state index in [1.54, 1.807) is 6.08 Å². The third-order valence-corrected chi connectivity index (χ3v) is 2.33. The van der Waals surface area contributed by atoms with Gasteiger partial charge in [-0.25, -0.2) is 0 Å². The molecule has 0 aliphatic heterocycles. The number of rotatable bonds is 9. The first-order valence-electron chi connectivity index (χ1n) is 5.60. The Kier molecular flexibility index (Phi) is 9.56. The van der Waals surface area contributed by atoms with Gasteiger partial charge in [0.2, 0.25) is 0 Å². The quantitative estimate of drug-likeness (QED) is 0.428. The van der Waals surface area contributed by atoms with Crippen LogP contribution in [0.5, 0.6) is 0 Å². The molecular formula is C12H24O. The molecule has 0 heterocycles. The predicted octanol–water partition coefficient (Wildman–Crippen LogP) is 3.67. The van der Waals surface area contributed by atoms with E-state index >= 15 is 0 Å². The Bertz CT molecular complexity index is 110. The van der Waals surface area contributed by atoms with Crippen molar-refractivity contribution in [1.29, 1.82) is 0 Å². The summed E-state index contributed by atoms with van der Waals surface area (Å²) in [5, 5.41) is 9.38. The maximum Gasteiger partial charge on any atom is 0.0574 e. The Balaban J connectivity index is 3.01. The molecule has 0 saturated carbocycles. The van der Waals surface area contributed by atoms with E-state index in [2.05, 4.69) is 13.5 Å². The monoisotopic (exact) mass is 184 g/mol. The molecule has 13 heavy (non-hydrogen) atoms. The van der Waals surface area contributed by atoms with Crippen LogP contribution in [0.4, 0.5) is 0 Å². The third-order valence-electron chi connectivity index (χ3n) is 2.33. The van der Waals surface area contributed by atoms with Crippen LogP contribution in [0.2, 0.25) is 0 Å². The normalized spacial score (nSPS) is 12.8. The fourth-order valence-corrected chi connectivity index (χ4v) is 1.47. The van der Waals surface area contributed by atoms with Crippen molar-refractivity contribution in [2.24, 2.45) is 0 Å². The molecule has 0 fully saturated rings. The zero-order valence-electron chi connectivity index (χ0n) is 8.97. The number of hydrogen-bond donors (Lipinski definition) is 1. The lowest BCUT2D eigenvalue weighted by Gasteiger charge is -2.06. The Morgan fingerprint density at radius 2 is 1.77 bits per heavy atom. The fraction of sp³-hybridized carbons (Fsp3) is 0.833. The molecule has 0 amide bonds. The first-order chi connectivity index (χ1) is 6.31. The van der Waals surface area contributed by atoms with Crippen molar-refractivity contribution in [2.75, 3.05) is 0 Å². The molecule has 1 heteroatoms. The lowest BCUT2D eigenvalue weighted by atomic mass is 10.1. The van der Waals surface area contributed by atoms with Gasteiger partial charge in [0.05, 0.1) is 6.10 Å². The van der Waals surface area contributed by atoms with Crippen LogP contribution in [0, 0.1) is 0 Å². The summed E-state index contributed by atoms with van der Waals surface area (Å²) < 4.78 is 0. The molecule has 0 saturated heterocycles. The lowest BCUT2D eigenvalue weighted by molar-refractivity contribution is 0.164. The molecule has 0 rings (SSSR count). The highest BCUT2D eigenvalue weighted by Crippen LogP contribution is 2.09. The summed E-state index contributed by atoms with van der Waals surface area (Å²) in [6.45, 7) is 5.84. The van der Waals surface area contributed by atoms with Crippen LogP contribution in [0.1, 0.15) is 58.3 Å². The molecule has 0 bridgehead atoms. The van der Waals surface area contributed by atoms with E-state index in [9.17, 15) is 5.11 Å². The Labute approximate surface area is 82.9 Å². The van der Waals surface area contributed by atoms with Crippen molar-refractivity contribution < 1.29 is 5.11 Å². The van der Waals surface area contributed by atoms with Gasteiger partial charge in [-0.1, -0.05) is 51.5 Å². The number of aliphatic hydroxyl groups excluding tert-OH is 1. The molecule has 1 unspecified atom stereocenters. The van der Waals surface area contributed by atoms with E-state index in [4.69, 9.17) is 0 Å². The summed E-state index contributed by atoms with van der Waals surface area (Å²) in [4.78, 5) is 0. The van der Waals surface area contributed by atoms with E-state index in [1.165, 1.54) is 38.5 Å². The first-order valence-corrected chi connectivity index (χ1v) is 5.60. The molecule has 1 nitrogen and oxygen atoms in total. The van der Waals surface area contributed by atoms with E-state index in [0.29, 0.717) is 0 Å². The SMILES string of the molecule is C=CCC(O)CCCCCCCC. The summed E-state index contributed by atoms with van der Waals surface area (Å²) in [7, 11) is 0. The molecule has 0 aliphatic carbocycles. The number of aliphatic hydroxyl groups is 1. The van der Waals surface area contributed by atoms with Crippen LogP contribution in [-0.2, 0) is 0 Å². The minimum Gasteiger partial charge on any atom is -0.393 e. The van der Waals surface area contributed by atoms with Crippen molar-refractivity contribution in [3.05, 3.63) is 12.7 Å². The van der Waals surface area contributed by atoms with Gasteiger partial charge in [0.25, 0.3) is 0 Å². The van der Waals surface area contributed by atoms with Crippen molar-refractivity contribution in [3.8, 4) is 0 Å². The fourth-order valence-electron chi connectivity index (χ4n) is 1.47.